The predicted octanol–water partition coefficient (Wildman–Crippen LogP) is 5.67. The van der Waals surface area contributed by atoms with Crippen LogP contribution in [-0.4, -0.2) is 128 Å². The highest BCUT2D eigenvalue weighted by Gasteiger charge is 2.22. The number of carbonyl (C=O) groups is 2. The van der Waals surface area contributed by atoms with Crippen LogP contribution in [0.25, 0.3) is 0 Å². The number of piperazine rings is 2. The molecule has 0 radical (unpaired) electrons. The van der Waals surface area contributed by atoms with E-state index in [0.717, 1.165) is 74.6 Å². The van der Waals surface area contributed by atoms with Gasteiger partial charge in [-0.25, -0.2) is 9.97 Å². The van der Waals surface area contributed by atoms with Crippen molar-refractivity contribution < 1.29 is 9.59 Å². The van der Waals surface area contributed by atoms with Crippen molar-refractivity contribution in [3.8, 4) is 0 Å². The minimum Gasteiger partial charge on any atom is -0.338 e. The maximum atomic E-state index is 13.8. The zero-order valence-corrected chi connectivity index (χ0v) is 37.9. The molecule has 0 saturated carbocycles. The van der Waals surface area contributed by atoms with Gasteiger partial charge in [-0.3, -0.25) is 9.59 Å². The monoisotopic (exact) mass is 876 g/mol. The van der Waals surface area contributed by atoms with E-state index in [4.69, 9.17) is 24.9 Å². The smallest absolute Gasteiger partial charge is 0.274 e. The summed E-state index contributed by atoms with van der Waals surface area (Å²) in [5.41, 5.74) is 5.38. The second kappa shape index (κ2) is 20.1. The Labute approximate surface area is 379 Å². The van der Waals surface area contributed by atoms with Gasteiger partial charge in [0, 0.05) is 83.0 Å². The molecule has 2 fully saturated rings. The Morgan fingerprint density at radius 2 is 1.12 bits per heavy atom. The van der Waals surface area contributed by atoms with E-state index in [1.165, 1.54) is 0 Å². The Balaban J connectivity index is 1.01. The number of hydrogen-bond donors (Lipinski definition) is 4. The van der Waals surface area contributed by atoms with Crippen LogP contribution in [0.4, 0.5) is 46.8 Å². The van der Waals surface area contributed by atoms with Gasteiger partial charge in [0.15, 0.2) is 0 Å². The van der Waals surface area contributed by atoms with Crippen molar-refractivity contribution in [2.45, 2.75) is 47.0 Å². The van der Waals surface area contributed by atoms with E-state index in [1.807, 2.05) is 76.2 Å². The molecule has 2 saturated heterocycles. The number of carbonyl (C=O) groups excluding carboxylic acids is 2. The van der Waals surface area contributed by atoms with E-state index in [1.54, 1.807) is 24.3 Å². The summed E-state index contributed by atoms with van der Waals surface area (Å²) in [7, 11) is 4.22. The number of amides is 2. The number of hydrogen-bond acceptors (Lipinski definition) is 16. The van der Waals surface area contributed by atoms with Gasteiger partial charge >= 0.3 is 0 Å². The molecule has 2 aromatic carbocycles. The van der Waals surface area contributed by atoms with Crippen LogP contribution in [0.2, 0.25) is 0 Å². The standard InChI is InChI=1S/C47H56N16O2/c1-7-37-51-44(58-46(54-37)62-23-19-60(5)20-24-62)53-39-16-12-15-35(49-39)43(65)56-40-30(3)27-32(28-31(40)4)29-33-17-18-36(42(64)48-34-13-10-9-11-14-34)50-41(33)57-45-52-38(8-2)55-47(59-45)63-25-21-61(6)22-26-63/h9-18,27-28H,7-8,19-26,29H2,1-6H3,(H,48,64)(H,56,65)(H,49,51,53,54,58)(H,50,52,55,57,59). The van der Waals surface area contributed by atoms with Crippen LogP contribution in [0.1, 0.15) is 68.7 Å². The minimum absolute atomic E-state index is 0.233. The van der Waals surface area contributed by atoms with Crippen LogP contribution in [0, 0.1) is 13.8 Å². The number of benzene rings is 2. The SMILES string of the molecule is CCc1nc(Nc2cccc(C(=O)Nc3c(C)cc(Cc4ccc(C(=O)Nc5ccccc5)nc4Nc4nc(CC)nc(N5CCN(C)CC5)n4)cc3C)n2)nc(N2CCN(C)CC2)n1. The Morgan fingerprint density at radius 1 is 0.569 bits per heavy atom. The molecule has 6 heterocycles. The van der Waals surface area contributed by atoms with E-state index in [0.29, 0.717) is 77.7 Å². The molecule has 2 aliphatic rings. The fraction of sp³-hybridized carbons (Fsp3) is 0.362. The third-order valence-corrected chi connectivity index (χ3v) is 11.5. The Kier molecular flexibility index (Phi) is 13.7. The first-order chi connectivity index (χ1) is 31.5. The lowest BCUT2D eigenvalue weighted by molar-refractivity contribution is 0.101. The quantitative estimate of drug-likeness (QED) is 0.104. The van der Waals surface area contributed by atoms with Gasteiger partial charge in [0.25, 0.3) is 11.8 Å². The molecule has 0 aliphatic carbocycles. The van der Waals surface area contributed by atoms with Gasteiger partial charge < -0.3 is 40.9 Å². The van der Waals surface area contributed by atoms with Crippen LogP contribution in [0.15, 0.2) is 72.8 Å². The molecule has 0 bridgehead atoms. The molecule has 0 spiro atoms. The first-order valence-corrected chi connectivity index (χ1v) is 22.2. The summed E-state index contributed by atoms with van der Waals surface area (Å²) in [6.45, 7) is 14.9. The molecule has 336 valence electrons. The number of anilines is 8. The van der Waals surface area contributed by atoms with Crippen molar-refractivity contribution in [1.82, 2.24) is 49.7 Å². The number of nitrogens with zero attached hydrogens (tertiary/aromatic N) is 12. The molecular weight excluding hydrogens is 821 g/mol. The molecule has 4 N–H and O–H groups in total. The summed E-state index contributed by atoms with van der Waals surface area (Å²) in [6, 6.07) is 22.2. The van der Waals surface area contributed by atoms with Crippen molar-refractivity contribution in [1.29, 1.82) is 0 Å². The summed E-state index contributed by atoms with van der Waals surface area (Å²) in [6.07, 6.45) is 1.74. The molecule has 0 atom stereocenters. The second-order valence-corrected chi connectivity index (χ2v) is 16.5. The maximum Gasteiger partial charge on any atom is 0.274 e. The number of rotatable bonds is 14. The number of pyridine rings is 2. The van der Waals surface area contributed by atoms with Gasteiger partial charge in [0.1, 0.15) is 34.7 Å². The summed E-state index contributed by atoms with van der Waals surface area (Å²) in [5.74, 6) is 3.51. The van der Waals surface area contributed by atoms with Gasteiger partial charge in [-0.1, -0.05) is 56.3 Å². The van der Waals surface area contributed by atoms with E-state index < -0.39 is 0 Å². The van der Waals surface area contributed by atoms with Gasteiger partial charge in [-0.2, -0.15) is 29.9 Å². The third-order valence-electron chi connectivity index (χ3n) is 11.5. The molecule has 6 aromatic rings. The first-order valence-electron chi connectivity index (χ1n) is 22.2. The highest BCUT2D eigenvalue weighted by molar-refractivity contribution is 6.04. The van der Waals surface area contributed by atoms with Crippen LogP contribution in [0.5, 0.6) is 0 Å². The van der Waals surface area contributed by atoms with E-state index in [9.17, 15) is 9.59 Å². The van der Waals surface area contributed by atoms with Gasteiger partial charge in [-0.05, 0) is 80.5 Å². The zero-order chi connectivity index (χ0) is 45.5. The Bertz CT molecular complexity index is 2620. The lowest BCUT2D eigenvalue weighted by Crippen LogP contribution is -2.45. The largest absolute Gasteiger partial charge is 0.338 e. The lowest BCUT2D eigenvalue weighted by Gasteiger charge is -2.32. The Morgan fingerprint density at radius 3 is 1.71 bits per heavy atom. The molecule has 4 aromatic heterocycles. The lowest BCUT2D eigenvalue weighted by atomic mass is 9.98. The molecule has 65 heavy (non-hydrogen) atoms. The highest BCUT2D eigenvalue weighted by Crippen LogP contribution is 2.28. The van der Waals surface area contributed by atoms with Crippen molar-refractivity contribution in [3.05, 3.63) is 118 Å². The van der Waals surface area contributed by atoms with E-state index >= 15 is 0 Å². The molecule has 0 unspecified atom stereocenters. The molecule has 18 nitrogen and oxygen atoms in total. The summed E-state index contributed by atoms with van der Waals surface area (Å²) >= 11 is 0. The topological polar surface area (TPSA) is 198 Å². The molecular formula is C47H56N16O2. The summed E-state index contributed by atoms with van der Waals surface area (Å²) < 4.78 is 0. The highest BCUT2D eigenvalue weighted by atomic mass is 16.2. The van der Waals surface area contributed by atoms with E-state index in [2.05, 4.69) is 69.9 Å². The van der Waals surface area contributed by atoms with E-state index in [-0.39, 0.29) is 23.2 Å². The average molecular weight is 877 g/mol. The number of aromatic nitrogens is 8. The number of nitrogens with one attached hydrogen (secondary N) is 4. The number of likely N-dealkylation sites (N-methyl/N-ethyl adjacent to an activating group) is 2. The van der Waals surface area contributed by atoms with Crippen molar-refractivity contribution in [3.63, 3.8) is 0 Å². The molecule has 2 aliphatic heterocycles. The summed E-state index contributed by atoms with van der Waals surface area (Å²) in [4.78, 5) is 73.9. The van der Waals surface area contributed by atoms with Crippen molar-refractivity contribution in [2.24, 2.45) is 0 Å². The molecule has 18 heteroatoms. The predicted molar refractivity (Wildman–Crippen MR) is 254 cm³/mol. The second-order valence-electron chi connectivity index (χ2n) is 16.5. The number of para-hydroxylation sites is 1. The average Bonchev–Trinajstić information content (AvgIpc) is 3.31. The fourth-order valence-corrected chi connectivity index (χ4v) is 7.72. The zero-order valence-electron chi connectivity index (χ0n) is 37.9. The van der Waals surface area contributed by atoms with Gasteiger partial charge in [0.05, 0.1) is 0 Å². The Hall–Kier alpha value is -7.18. The first kappa shape index (κ1) is 44.4. The van der Waals surface area contributed by atoms with Gasteiger partial charge in [-0.15, -0.1) is 0 Å². The third kappa shape index (κ3) is 11.1. The molecule has 8 rings (SSSR count). The van der Waals surface area contributed by atoms with Crippen LogP contribution in [-0.2, 0) is 19.3 Å². The maximum absolute atomic E-state index is 13.8. The summed E-state index contributed by atoms with van der Waals surface area (Å²) in [5, 5.41) is 12.6. The van der Waals surface area contributed by atoms with Crippen LogP contribution < -0.4 is 31.1 Å². The molecule has 2 amide bonds. The van der Waals surface area contributed by atoms with Crippen LogP contribution >= 0.6 is 0 Å². The normalized spacial score (nSPS) is 14.6. The van der Waals surface area contributed by atoms with Gasteiger partial charge in [0.2, 0.25) is 23.8 Å². The minimum atomic E-state index is -0.351. The van der Waals surface area contributed by atoms with Crippen molar-refractivity contribution >= 4 is 58.6 Å². The van der Waals surface area contributed by atoms with Crippen LogP contribution in [0.3, 0.4) is 0 Å². The number of aryl methyl sites for hydroxylation is 4. The fourth-order valence-electron chi connectivity index (χ4n) is 7.72. The van der Waals surface area contributed by atoms with Crippen molar-refractivity contribution in [2.75, 3.05) is 97.5 Å².